The first-order chi connectivity index (χ1) is 11.9. The molecule has 4 atom stereocenters. The van der Waals surface area contributed by atoms with Crippen molar-refractivity contribution in [3.8, 4) is 0 Å². The Morgan fingerprint density at radius 3 is 2.72 bits per heavy atom. The van der Waals surface area contributed by atoms with Gasteiger partial charge in [-0.3, -0.25) is 9.79 Å². The molecule has 0 radical (unpaired) electrons. The van der Waals surface area contributed by atoms with Gasteiger partial charge in [0.2, 0.25) is 5.91 Å². The van der Waals surface area contributed by atoms with E-state index in [1.54, 1.807) is 30.4 Å². The van der Waals surface area contributed by atoms with E-state index in [4.69, 9.17) is 0 Å². The largest absolute Gasteiger partial charge is 0.477 e. The van der Waals surface area contributed by atoms with Crippen LogP contribution in [0.3, 0.4) is 0 Å². The minimum absolute atomic E-state index is 0.0965. The fraction of sp³-hybridized carbons (Fsp3) is 0.688. The number of thioether (sulfide) groups is 2. The lowest BCUT2D eigenvalue weighted by Gasteiger charge is -2.46. The van der Waals surface area contributed by atoms with Crippen molar-refractivity contribution in [2.24, 2.45) is 16.8 Å². The number of aliphatic carboxylic acids is 1. The number of nitrogens with zero attached hydrogens (tertiary/aromatic N) is 2. The molecule has 9 heteroatoms. The molecule has 0 aromatic heterocycles. The molecule has 0 spiro atoms. The van der Waals surface area contributed by atoms with Crippen LogP contribution < -0.4 is 5.32 Å². The number of amides is 1. The second-order valence-electron chi connectivity index (χ2n) is 7.01. The molecule has 7 nitrogen and oxygen atoms in total. The van der Waals surface area contributed by atoms with Gasteiger partial charge in [0.25, 0.3) is 0 Å². The van der Waals surface area contributed by atoms with Gasteiger partial charge in [0.05, 0.1) is 27.9 Å². The molecular weight excluding hydrogens is 362 g/mol. The number of aliphatic hydroxyl groups excluding tert-OH is 1. The van der Waals surface area contributed by atoms with Gasteiger partial charge in [-0.05, 0) is 6.92 Å². The Kier molecular flexibility index (Phi) is 4.18. The molecule has 0 aromatic carbocycles. The smallest absolute Gasteiger partial charge is 0.353 e. The second kappa shape index (κ2) is 6.00. The highest BCUT2D eigenvalue weighted by molar-refractivity contribution is 8.17. The van der Waals surface area contributed by atoms with Gasteiger partial charge in [-0.2, -0.15) is 0 Å². The zero-order valence-electron chi connectivity index (χ0n) is 14.1. The van der Waals surface area contributed by atoms with Crippen molar-refractivity contribution < 1.29 is 19.8 Å². The van der Waals surface area contributed by atoms with Gasteiger partial charge in [0.15, 0.2) is 0 Å². The van der Waals surface area contributed by atoms with Crippen LogP contribution in [-0.2, 0) is 9.59 Å². The van der Waals surface area contributed by atoms with Crippen LogP contribution in [-0.4, -0.2) is 74.3 Å². The minimum Gasteiger partial charge on any atom is -0.477 e. The van der Waals surface area contributed by atoms with Crippen LogP contribution in [0, 0.1) is 11.8 Å². The highest BCUT2D eigenvalue weighted by Crippen LogP contribution is 2.54. The summed E-state index contributed by atoms with van der Waals surface area (Å²) in [6.45, 7) is 5.87. The summed E-state index contributed by atoms with van der Waals surface area (Å²) in [6.07, 6.45) is -0.773. The van der Waals surface area contributed by atoms with E-state index in [9.17, 15) is 19.8 Å². The van der Waals surface area contributed by atoms with Crippen molar-refractivity contribution in [1.82, 2.24) is 10.2 Å². The molecule has 1 amide bonds. The lowest BCUT2D eigenvalue weighted by Crippen LogP contribution is -2.63. The number of carboxylic acid groups (broad SMARTS) is 1. The van der Waals surface area contributed by atoms with Gasteiger partial charge < -0.3 is 20.4 Å². The van der Waals surface area contributed by atoms with E-state index in [1.807, 2.05) is 6.92 Å². The molecule has 4 aliphatic rings. The predicted octanol–water partition coefficient (Wildman–Crippen LogP) is 0.361. The van der Waals surface area contributed by atoms with E-state index in [0.717, 1.165) is 35.3 Å². The highest BCUT2D eigenvalue weighted by atomic mass is 32.2. The maximum atomic E-state index is 12.4. The van der Waals surface area contributed by atoms with Gasteiger partial charge >= 0.3 is 5.97 Å². The van der Waals surface area contributed by atoms with Gasteiger partial charge in [-0.25, -0.2) is 4.79 Å². The fourth-order valence-electron chi connectivity index (χ4n) is 4.10. The number of carbonyl (C=O) groups is 2. The second-order valence-corrected chi connectivity index (χ2v) is 9.52. The van der Waals surface area contributed by atoms with E-state index in [2.05, 4.69) is 10.3 Å². The molecule has 0 bridgehead atoms. The summed E-state index contributed by atoms with van der Waals surface area (Å²) in [5, 5.41) is 24.0. The first kappa shape index (κ1) is 17.4. The number of rotatable bonds is 5. The first-order valence-corrected chi connectivity index (χ1v) is 10.2. The summed E-state index contributed by atoms with van der Waals surface area (Å²) in [6, 6.07) is -0.260. The lowest BCUT2D eigenvalue weighted by atomic mass is 9.79. The zero-order valence-corrected chi connectivity index (χ0v) is 15.7. The third-order valence-electron chi connectivity index (χ3n) is 5.41. The maximum absolute atomic E-state index is 12.4. The van der Waals surface area contributed by atoms with Gasteiger partial charge in [0.1, 0.15) is 5.70 Å². The number of aliphatic hydroxyl groups is 1. The van der Waals surface area contributed by atoms with Crippen molar-refractivity contribution in [3.05, 3.63) is 10.6 Å². The maximum Gasteiger partial charge on any atom is 0.353 e. The third-order valence-corrected chi connectivity index (χ3v) is 8.38. The molecule has 4 heterocycles. The highest BCUT2D eigenvalue weighted by Gasteiger charge is 2.61. The summed E-state index contributed by atoms with van der Waals surface area (Å²) in [5.41, 5.74) is 0.0965. The summed E-state index contributed by atoms with van der Waals surface area (Å²) in [5.74, 6) is -1.00. The number of hydrogen-bond donors (Lipinski definition) is 3. The van der Waals surface area contributed by atoms with Crippen LogP contribution in [0.25, 0.3) is 0 Å². The molecule has 0 aliphatic carbocycles. The number of β-lactam (4-membered cyclic amide) rings is 1. The van der Waals surface area contributed by atoms with Crippen LogP contribution in [0.2, 0.25) is 0 Å². The SMILES string of the molecule is C[C@@H](O)[C@H]1C(=O)N2C(C(=O)O)=C(SC3(C4=NCCS4)CNC3)[C@H](C)[C@H]12. The van der Waals surface area contributed by atoms with E-state index < -0.39 is 18.0 Å². The van der Waals surface area contributed by atoms with E-state index in [0.29, 0.717) is 0 Å². The molecule has 0 saturated carbocycles. The van der Waals surface area contributed by atoms with Crippen LogP contribution in [0.5, 0.6) is 0 Å². The van der Waals surface area contributed by atoms with E-state index in [-0.39, 0.29) is 28.3 Å². The third kappa shape index (κ3) is 2.39. The number of carbonyl (C=O) groups excluding carboxylic acids is 1. The Morgan fingerprint density at radius 2 is 2.24 bits per heavy atom. The van der Waals surface area contributed by atoms with E-state index >= 15 is 0 Å². The molecule has 25 heavy (non-hydrogen) atoms. The lowest BCUT2D eigenvalue weighted by molar-refractivity contribution is -0.163. The molecule has 2 fully saturated rings. The first-order valence-electron chi connectivity index (χ1n) is 8.43. The molecule has 4 rings (SSSR count). The van der Waals surface area contributed by atoms with Crippen molar-refractivity contribution >= 4 is 40.4 Å². The summed E-state index contributed by atoms with van der Waals surface area (Å²) in [7, 11) is 0. The molecule has 3 N–H and O–H groups in total. The summed E-state index contributed by atoms with van der Waals surface area (Å²) >= 11 is 3.30. The number of nitrogens with one attached hydrogen (secondary N) is 1. The zero-order chi connectivity index (χ0) is 17.9. The van der Waals surface area contributed by atoms with Crippen molar-refractivity contribution in [2.75, 3.05) is 25.4 Å². The number of carboxylic acids is 1. The molecule has 4 aliphatic heterocycles. The summed E-state index contributed by atoms with van der Waals surface area (Å²) in [4.78, 5) is 31.1. The van der Waals surface area contributed by atoms with E-state index in [1.165, 1.54) is 4.90 Å². The van der Waals surface area contributed by atoms with Gasteiger partial charge in [0, 0.05) is 36.2 Å². The topological polar surface area (TPSA) is 102 Å². The molecule has 2 saturated heterocycles. The Hall–Kier alpha value is -1.03. The molecule has 0 unspecified atom stereocenters. The standard InChI is InChI=1S/C16H21N3O4S2/c1-7-10-9(8(2)20)13(21)19(10)11(14(22)23)12(7)25-16(5-17-6-16)15-18-3-4-24-15/h7-10,17,20H,3-6H2,1-2H3,(H,22,23)/t7-,8-,9-,10-/m1/s1. The fourth-order valence-corrected chi connectivity index (χ4v) is 6.89. The minimum atomic E-state index is -1.07. The van der Waals surface area contributed by atoms with Gasteiger partial charge in [-0.15, -0.1) is 23.5 Å². The predicted molar refractivity (Wildman–Crippen MR) is 97.6 cm³/mol. The van der Waals surface area contributed by atoms with Crippen molar-refractivity contribution in [1.29, 1.82) is 0 Å². The van der Waals surface area contributed by atoms with Crippen LogP contribution in [0.1, 0.15) is 13.8 Å². The Morgan fingerprint density at radius 1 is 1.52 bits per heavy atom. The quantitative estimate of drug-likeness (QED) is 0.589. The Balaban J connectivity index is 1.68. The molecule has 136 valence electrons. The van der Waals surface area contributed by atoms with Crippen molar-refractivity contribution in [2.45, 2.75) is 30.7 Å². The summed E-state index contributed by atoms with van der Waals surface area (Å²) < 4.78 is -0.222. The number of hydrogen-bond acceptors (Lipinski definition) is 7. The normalized spacial score (nSPS) is 34.4. The van der Waals surface area contributed by atoms with Crippen LogP contribution >= 0.6 is 23.5 Å². The Labute approximate surface area is 154 Å². The Bertz CT molecular complexity index is 701. The van der Waals surface area contributed by atoms with Crippen LogP contribution in [0.15, 0.2) is 15.6 Å². The molecular formula is C16H21N3O4S2. The monoisotopic (exact) mass is 383 g/mol. The molecule has 0 aromatic rings. The van der Waals surface area contributed by atoms with Crippen LogP contribution in [0.4, 0.5) is 0 Å². The van der Waals surface area contributed by atoms with Gasteiger partial charge in [-0.1, -0.05) is 6.92 Å². The average Bonchev–Trinajstić information content (AvgIpc) is 3.09. The average molecular weight is 383 g/mol. The number of aliphatic imine (C=N–C) groups is 1. The van der Waals surface area contributed by atoms with Crippen molar-refractivity contribution in [3.63, 3.8) is 0 Å². The number of fused-ring (bicyclic) bond motifs is 1.